The summed E-state index contributed by atoms with van der Waals surface area (Å²) in [5.74, 6) is -0.494. The predicted octanol–water partition coefficient (Wildman–Crippen LogP) is 4.13. The Labute approximate surface area is 157 Å². The minimum absolute atomic E-state index is 0.317. The summed E-state index contributed by atoms with van der Waals surface area (Å²) < 4.78 is 10.4. The number of hydrogen-bond acceptors (Lipinski definition) is 4. The summed E-state index contributed by atoms with van der Waals surface area (Å²) in [6, 6.07) is 20.6. The summed E-state index contributed by atoms with van der Waals surface area (Å²) in [5.41, 5.74) is 1.50. The fraction of sp³-hybridized carbons (Fsp3) is 0.182. The molecule has 1 N–H and O–H groups in total. The van der Waals surface area contributed by atoms with Crippen molar-refractivity contribution in [2.24, 2.45) is 0 Å². The lowest BCUT2D eigenvalue weighted by molar-refractivity contribution is -0.148. The fourth-order valence-corrected chi connectivity index (χ4v) is 2.75. The van der Waals surface area contributed by atoms with Gasteiger partial charge < -0.3 is 14.8 Å². The number of anilines is 1. The number of amides is 1. The number of ether oxygens (including phenoxy) is 2. The first-order valence-electron chi connectivity index (χ1n) is 8.66. The Kier molecular flexibility index (Phi) is 5.71. The molecule has 0 saturated carbocycles. The topological polar surface area (TPSA) is 64.6 Å². The average Bonchev–Trinajstić information content (AvgIpc) is 2.71. The van der Waals surface area contributed by atoms with Crippen molar-refractivity contribution in [1.82, 2.24) is 0 Å². The van der Waals surface area contributed by atoms with Crippen molar-refractivity contribution in [3.63, 3.8) is 0 Å². The molecule has 138 valence electrons. The largest absolute Gasteiger partial charge is 0.497 e. The normalized spacial score (nSPS) is 11.6. The summed E-state index contributed by atoms with van der Waals surface area (Å²) in [5, 5.41) is 4.72. The zero-order valence-corrected chi connectivity index (χ0v) is 15.3. The van der Waals surface area contributed by atoms with E-state index in [1.165, 1.54) is 0 Å². The molecule has 0 saturated heterocycles. The lowest BCUT2D eigenvalue weighted by atomic mass is 9.98. The number of benzene rings is 3. The predicted molar refractivity (Wildman–Crippen MR) is 105 cm³/mol. The number of carbonyl (C=O) groups is 2. The lowest BCUT2D eigenvalue weighted by Crippen LogP contribution is -2.23. The van der Waals surface area contributed by atoms with E-state index in [2.05, 4.69) is 5.32 Å². The molecule has 0 heterocycles. The Morgan fingerprint density at radius 2 is 1.67 bits per heavy atom. The van der Waals surface area contributed by atoms with Crippen LogP contribution < -0.4 is 10.1 Å². The van der Waals surface area contributed by atoms with Crippen LogP contribution >= 0.6 is 0 Å². The van der Waals surface area contributed by atoms with Crippen LogP contribution in [0.4, 0.5) is 5.69 Å². The molecule has 0 radical (unpaired) electrons. The molecule has 0 aliphatic carbocycles. The molecule has 0 aliphatic heterocycles. The van der Waals surface area contributed by atoms with E-state index < -0.39 is 11.9 Å². The smallest absolute Gasteiger partial charge is 0.313 e. The van der Waals surface area contributed by atoms with Crippen LogP contribution in [0, 0.1) is 0 Å². The van der Waals surface area contributed by atoms with E-state index >= 15 is 0 Å². The molecular formula is C22H21NO4. The standard InChI is InChI=1S/C22H21NO4/c1-15(16-8-9-18-13-20(26-2)11-10-17(18)12-16)22(25)27-14-21(24)23-19-6-4-3-5-7-19/h3-13,15H,14H2,1-2H3,(H,23,24)/t15-/m0/s1. The molecule has 0 unspecified atom stereocenters. The summed E-state index contributed by atoms with van der Waals surface area (Å²) in [6.07, 6.45) is 0. The Morgan fingerprint density at radius 3 is 2.41 bits per heavy atom. The van der Waals surface area contributed by atoms with Gasteiger partial charge in [0.1, 0.15) is 5.75 Å². The number of carbonyl (C=O) groups excluding carboxylic acids is 2. The van der Waals surface area contributed by atoms with Gasteiger partial charge in [0.2, 0.25) is 0 Å². The van der Waals surface area contributed by atoms with E-state index in [1.54, 1.807) is 26.2 Å². The monoisotopic (exact) mass is 363 g/mol. The van der Waals surface area contributed by atoms with Crippen LogP contribution in [-0.2, 0) is 14.3 Å². The molecule has 0 aromatic heterocycles. The molecular weight excluding hydrogens is 342 g/mol. The summed E-state index contributed by atoms with van der Waals surface area (Å²) >= 11 is 0. The molecule has 1 amide bonds. The molecule has 27 heavy (non-hydrogen) atoms. The van der Waals surface area contributed by atoms with Crippen molar-refractivity contribution in [3.05, 3.63) is 72.3 Å². The molecule has 0 fully saturated rings. The molecule has 3 rings (SSSR count). The van der Waals surface area contributed by atoms with Crippen LogP contribution in [0.2, 0.25) is 0 Å². The zero-order chi connectivity index (χ0) is 19.2. The Balaban J connectivity index is 1.61. The zero-order valence-electron chi connectivity index (χ0n) is 15.3. The van der Waals surface area contributed by atoms with Gasteiger partial charge in [0.05, 0.1) is 13.0 Å². The van der Waals surface area contributed by atoms with E-state index in [0.717, 1.165) is 22.1 Å². The maximum atomic E-state index is 12.3. The van der Waals surface area contributed by atoms with Crippen molar-refractivity contribution in [1.29, 1.82) is 0 Å². The van der Waals surface area contributed by atoms with Crippen LogP contribution in [-0.4, -0.2) is 25.6 Å². The second kappa shape index (κ2) is 8.36. The Hall–Kier alpha value is -3.34. The van der Waals surface area contributed by atoms with Crippen LogP contribution in [0.5, 0.6) is 5.75 Å². The number of nitrogens with one attached hydrogen (secondary N) is 1. The molecule has 0 bridgehead atoms. The van der Waals surface area contributed by atoms with Crippen molar-refractivity contribution >= 4 is 28.3 Å². The average molecular weight is 363 g/mol. The van der Waals surface area contributed by atoms with Crippen LogP contribution in [0.3, 0.4) is 0 Å². The molecule has 0 spiro atoms. The lowest BCUT2D eigenvalue weighted by Gasteiger charge is -2.13. The second-order valence-electron chi connectivity index (χ2n) is 6.22. The van der Waals surface area contributed by atoms with Crippen molar-refractivity contribution in [2.75, 3.05) is 19.0 Å². The molecule has 0 aliphatic rings. The maximum absolute atomic E-state index is 12.3. The Bertz CT molecular complexity index is 953. The molecule has 1 atom stereocenters. The number of hydrogen-bond donors (Lipinski definition) is 1. The number of methoxy groups -OCH3 is 1. The molecule has 5 nitrogen and oxygen atoms in total. The van der Waals surface area contributed by atoms with Gasteiger partial charge in [-0.25, -0.2) is 0 Å². The molecule has 3 aromatic carbocycles. The third kappa shape index (κ3) is 4.64. The van der Waals surface area contributed by atoms with E-state index in [1.807, 2.05) is 54.6 Å². The molecule has 5 heteroatoms. The van der Waals surface area contributed by atoms with Crippen LogP contribution in [0.25, 0.3) is 10.8 Å². The second-order valence-corrected chi connectivity index (χ2v) is 6.22. The van der Waals surface area contributed by atoms with Gasteiger partial charge in [0, 0.05) is 5.69 Å². The highest BCUT2D eigenvalue weighted by Gasteiger charge is 2.18. The van der Waals surface area contributed by atoms with Crippen LogP contribution in [0.15, 0.2) is 66.7 Å². The van der Waals surface area contributed by atoms with Gasteiger partial charge in [-0.05, 0) is 47.5 Å². The number of fused-ring (bicyclic) bond motifs is 1. The van der Waals surface area contributed by atoms with Gasteiger partial charge in [-0.3, -0.25) is 9.59 Å². The maximum Gasteiger partial charge on any atom is 0.313 e. The third-order valence-corrected chi connectivity index (χ3v) is 4.33. The first-order valence-corrected chi connectivity index (χ1v) is 8.66. The number of para-hydroxylation sites is 1. The summed E-state index contributed by atoms with van der Waals surface area (Å²) in [7, 11) is 1.63. The minimum Gasteiger partial charge on any atom is -0.497 e. The van der Waals surface area contributed by atoms with Gasteiger partial charge in [-0.2, -0.15) is 0 Å². The van der Waals surface area contributed by atoms with Gasteiger partial charge in [-0.1, -0.05) is 42.5 Å². The van der Waals surface area contributed by atoms with E-state index in [4.69, 9.17) is 9.47 Å². The van der Waals surface area contributed by atoms with Crippen molar-refractivity contribution in [3.8, 4) is 5.75 Å². The Morgan fingerprint density at radius 1 is 0.963 bits per heavy atom. The highest BCUT2D eigenvalue weighted by Crippen LogP contribution is 2.25. The quantitative estimate of drug-likeness (QED) is 0.669. The number of rotatable bonds is 6. The summed E-state index contributed by atoms with van der Waals surface area (Å²) in [6.45, 7) is 1.45. The van der Waals surface area contributed by atoms with Gasteiger partial charge in [-0.15, -0.1) is 0 Å². The fourth-order valence-electron chi connectivity index (χ4n) is 2.75. The SMILES string of the molecule is COc1ccc2cc([C@H](C)C(=O)OCC(=O)Nc3ccccc3)ccc2c1. The van der Waals surface area contributed by atoms with Gasteiger partial charge in [0.25, 0.3) is 5.91 Å². The highest BCUT2D eigenvalue weighted by atomic mass is 16.5. The number of esters is 1. The third-order valence-electron chi connectivity index (χ3n) is 4.33. The van der Waals surface area contributed by atoms with E-state index in [9.17, 15) is 9.59 Å². The summed E-state index contributed by atoms with van der Waals surface area (Å²) in [4.78, 5) is 24.2. The first kappa shape index (κ1) is 18.5. The molecule has 3 aromatic rings. The highest BCUT2D eigenvalue weighted by molar-refractivity contribution is 5.93. The van der Waals surface area contributed by atoms with E-state index in [-0.39, 0.29) is 12.5 Å². The van der Waals surface area contributed by atoms with Gasteiger partial charge >= 0.3 is 5.97 Å². The van der Waals surface area contributed by atoms with E-state index in [0.29, 0.717) is 5.69 Å². The van der Waals surface area contributed by atoms with Crippen LogP contribution in [0.1, 0.15) is 18.4 Å². The van der Waals surface area contributed by atoms with Crippen molar-refractivity contribution < 1.29 is 19.1 Å². The van der Waals surface area contributed by atoms with Gasteiger partial charge in [0.15, 0.2) is 6.61 Å². The first-order chi connectivity index (χ1) is 13.1. The van der Waals surface area contributed by atoms with Crippen molar-refractivity contribution in [2.45, 2.75) is 12.8 Å². The minimum atomic E-state index is -0.471.